The van der Waals surface area contributed by atoms with Crippen molar-refractivity contribution < 1.29 is 0 Å². The Morgan fingerprint density at radius 1 is 1.12 bits per heavy atom. The van der Waals surface area contributed by atoms with Crippen molar-refractivity contribution in [3.63, 3.8) is 0 Å². The van der Waals surface area contributed by atoms with Crippen molar-refractivity contribution in [1.29, 1.82) is 0 Å². The summed E-state index contributed by atoms with van der Waals surface area (Å²) < 4.78 is 0. The highest BCUT2D eigenvalue weighted by Gasteiger charge is 2.70. The van der Waals surface area contributed by atoms with E-state index in [2.05, 4.69) is 46.4 Å². The zero-order chi connectivity index (χ0) is 12.5. The van der Waals surface area contributed by atoms with E-state index in [-0.39, 0.29) is 0 Å². The molecule has 0 radical (unpaired) electrons. The molecule has 0 N–H and O–H groups in total. The molecule has 1 spiro atoms. The fourth-order valence-electron chi connectivity index (χ4n) is 5.56. The highest BCUT2D eigenvalue weighted by Crippen LogP contribution is 2.77. The van der Waals surface area contributed by atoms with Gasteiger partial charge in [-0.2, -0.15) is 11.8 Å². The van der Waals surface area contributed by atoms with Gasteiger partial charge in [-0.15, -0.1) is 0 Å². The summed E-state index contributed by atoms with van der Waals surface area (Å²) in [5.74, 6) is 3.31. The van der Waals surface area contributed by atoms with Gasteiger partial charge in [-0.25, -0.2) is 0 Å². The van der Waals surface area contributed by atoms with Crippen LogP contribution < -0.4 is 0 Å². The normalized spacial score (nSPS) is 51.9. The fourth-order valence-corrected chi connectivity index (χ4v) is 7.80. The third-order valence-electron chi connectivity index (χ3n) is 6.96. The van der Waals surface area contributed by atoms with Gasteiger partial charge in [-0.05, 0) is 53.8 Å². The van der Waals surface area contributed by atoms with E-state index in [1.54, 1.807) is 0 Å². The van der Waals surface area contributed by atoms with E-state index >= 15 is 0 Å². The van der Waals surface area contributed by atoms with Gasteiger partial charge >= 0.3 is 0 Å². The van der Waals surface area contributed by atoms with Crippen LogP contribution in [-0.2, 0) is 0 Å². The molecule has 1 aliphatic heterocycles. The first-order valence-electron chi connectivity index (χ1n) is 7.44. The molecule has 2 bridgehead atoms. The topological polar surface area (TPSA) is 0 Å². The smallest absolute Gasteiger partial charge is 0.00756 e. The average molecular weight is 252 g/mol. The zero-order valence-corrected chi connectivity index (χ0v) is 13.0. The standard InChI is InChI=1S/C16H28S/c1-11(2)13-9-15(5)8-12-6-7-16(15,10-17-13)14(12,3)4/h11-13H,6-10H2,1-5H3/t12?,13-,15?,16?/m0/s1. The van der Waals surface area contributed by atoms with E-state index in [4.69, 9.17) is 0 Å². The molecule has 98 valence electrons. The highest BCUT2D eigenvalue weighted by molar-refractivity contribution is 8.00. The molecule has 0 aromatic carbocycles. The van der Waals surface area contributed by atoms with Crippen LogP contribution in [-0.4, -0.2) is 11.0 Å². The number of hydrogen-bond donors (Lipinski definition) is 0. The van der Waals surface area contributed by atoms with Gasteiger partial charge in [0.25, 0.3) is 0 Å². The molecule has 1 heterocycles. The van der Waals surface area contributed by atoms with Crippen LogP contribution in [0.5, 0.6) is 0 Å². The zero-order valence-electron chi connectivity index (χ0n) is 12.2. The van der Waals surface area contributed by atoms with Crippen LogP contribution in [0.2, 0.25) is 0 Å². The SMILES string of the molecule is CC(C)[C@@H]1CC2(C)CC3CCC2(CS1)C3(C)C. The van der Waals surface area contributed by atoms with Crippen LogP contribution in [0.1, 0.15) is 60.3 Å². The molecule has 2 aliphatic carbocycles. The number of rotatable bonds is 1. The van der Waals surface area contributed by atoms with Crippen molar-refractivity contribution >= 4 is 11.8 Å². The Hall–Kier alpha value is 0.350. The quantitative estimate of drug-likeness (QED) is 0.634. The summed E-state index contributed by atoms with van der Waals surface area (Å²) in [4.78, 5) is 0. The van der Waals surface area contributed by atoms with Crippen LogP contribution >= 0.6 is 11.8 Å². The molecular weight excluding hydrogens is 224 g/mol. The highest BCUT2D eigenvalue weighted by atomic mass is 32.2. The first-order valence-corrected chi connectivity index (χ1v) is 8.49. The molecule has 0 nitrogen and oxygen atoms in total. The Balaban J connectivity index is 1.95. The molecule has 1 heteroatoms. The van der Waals surface area contributed by atoms with Gasteiger partial charge in [0, 0.05) is 11.0 Å². The minimum Gasteiger partial charge on any atom is -0.158 e. The first-order chi connectivity index (χ1) is 7.82. The van der Waals surface area contributed by atoms with Gasteiger partial charge in [0.05, 0.1) is 0 Å². The summed E-state index contributed by atoms with van der Waals surface area (Å²) >= 11 is 2.30. The Bertz CT molecular complexity index is 332. The first kappa shape index (κ1) is 12.4. The lowest BCUT2D eigenvalue weighted by Gasteiger charge is -2.55. The largest absolute Gasteiger partial charge is 0.158 e. The summed E-state index contributed by atoms with van der Waals surface area (Å²) in [6, 6.07) is 0. The minimum absolute atomic E-state index is 0.608. The summed E-state index contributed by atoms with van der Waals surface area (Å²) in [5, 5.41) is 0.917. The van der Waals surface area contributed by atoms with Crippen molar-refractivity contribution in [1.82, 2.24) is 0 Å². The Kier molecular flexibility index (Phi) is 2.52. The molecule has 3 aliphatic rings. The molecule has 0 aromatic rings. The average Bonchev–Trinajstić information content (AvgIpc) is 2.57. The Labute approximate surface area is 111 Å². The van der Waals surface area contributed by atoms with E-state index in [9.17, 15) is 0 Å². The lowest BCUT2D eigenvalue weighted by atomic mass is 9.57. The number of fused-ring (bicyclic) bond motifs is 1. The number of thioether (sulfide) groups is 1. The van der Waals surface area contributed by atoms with Crippen LogP contribution in [0.25, 0.3) is 0 Å². The van der Waals surface area contributed by atoms with Gasteiger partial charge in [-0.3, -0.25) is 0 Å². The summed E-state index contributed by atoms with van der Waals surface area (Å²) in [6.45, 7) is 12.6. The van der Waals surface area contributed by atoms with Crippen molar-refractivity contribution in [2.45, 2.75) is 65.6 Å². The van der Waals surface area contributed by atoms with Crippen molar-refractivity contribution in [3.05, 3.63) is 0 Å². The molecular formula is C16H28S. The lowest BCUT2D eigenvalue weighted by Crippen LogP contribution is -2.49. The molecule has 17 heavy (non-hydrogen) atoms. The molecule has 4 atom stereocenters. The molecule has 3 unspecified atom stereocenters. The molecule has 3 fully saturated rings. The van der Waals surface area contributed by atoms with Gasteiger partial charge < -0.3 is 0 Å². The van der Waals surface area contributed by atoms with Gasteiger partial charge in [0.2, 0.25) is 0 Å². The van der Waals surface area contributed by atoms with E-state index < -0.39 is 0 Å². The molecule has 1 saturated heterocycles. The second kappa shape index (κ2) is 3.46. The second-order valence-electron chi connectivity index (χ2n) is 8.10. The molecule has 2 saturated carbocycles. The summed E-state index contributed by atoms with van der Waals surface area (Å²) in [5.41, 5.74) is 1.93. The monoisotopic (exact) mass is 252 g/mol. The maximum atomic E-state index is 2.63. The van der Waals surface area contributed by atoms with Crippen molar-refractivity contribution in [2.24, 2.45) is 28.1 Å². The van der Waals surface area contributed by atoms with Crippen molar-refractivity contribution in [2.75, 3.05) is 5.75 Å². The summed E-state index contributed by atoms with van der Waals surface area (Å²) in [7, 11) is 0. The van der Waals surface area contributed by atoms with Crippen LogP contribution in [0, 0.1) is 28.1 Å². The predicted octanol–water partition coefficient (Wildman–Crippen LogP) is 4.98. The van der Waals surface area contributed by atoms with E-state index in [0.29, 0.717) is 16.2 Å². The third-order valence-corrected chi connectivity index (χ3v) is 8.76. The third kappa shape index (κ3) is 1.33. The van der Waals surface area contributed by atoms with Gasteiger partial charge in [0.1, 0.15) is 0 Å². The lowest BCUT2D eigenvalue weighted by molar-refractivity contribution is 0.0175. The van der Waals surface area contributed by atoms with Crippen LogP contribution in [0.3, 0.4) is 0 Å². The maximum Gasteiger partial charge on any atom is 0.00756 e. The van der Waals surface area contributed by atoms with E-state index in [1.165, 1.54) is 31.4 Å². The van der Waals surface area contributed by atoms with E-state index in [0.717, 1.165) is 17.1 Å². The molecule has 0 aromatic heterocycles. The maximum absolute atomic E-state index is 2.63. The summed E-state index contributed by atoms with van der Waals surface area (Å²) in [6.07, 6.45) is 6.02. The predicted molar refractivity (Wildman–Crippen MR) is 77.4 cm³/mol. The van der Waals surface area contributed by atoms with Crippen LogP contribution in [0.15, 0.2) is 0 Å². The Morgan fingerprint density at radius 2 is 1.82 bits per heavy atom. The van der Waals surface area contributed by atoms with Gasteiger partial charge in [0.15, 0.2) is 0 Å². The Morgan fingerprint density at radius 3 is 2.41 bits per heavy atom. The molecule has 0 amide bonds. The minimum atomic E-state index is 0.608. The fraction of sp³-hybridized carbons (Fsp3) is 1.00. The van der Waals surface area contributed by atoms with Gasteiger partial charge in [-0.1, -0.05) is 34.6 Å². The second-order valence-corrected chi connectivity index (χ2v) is 9.33. The van der Waals surface area contributed by atoms with Crippen molar-refractivity contribution in [3.8, 4) is 0 Å². The molecule has 3 rings (SSSR count). The van der Waals surface area contributed by atoms with E-state index in [1.807, 2.05) is 0 Å². The number of hydrogen-bond acceptors (Lipinski definition) is 1. The van der Waals surface area contributed by atoms with Crippen LogP contribution in [0.4, 0.5) is 0 Å².